The summed E-state index contributed by atoms with van der Waals surface area (Å²) >= 11 is 0. The van der Waals surface area contributed by atoms with Crippen LogP contribution >= 0.6 is 12.4 Å². The van der Waals surface area contributed by atoms with Gasteiger partial charge in [-0.2, -0.15) is 0 Å². The summed E-state index contributed by atoms with van der Waals surface area (Å²) in [5.74, 6) is 1.82. The molecule has 1 N–H and O–H groups in total. The molecule has 2 aliphatic heterocycles. The average molecular weight is 369 g/mol. The third-order valence-electron chi connectivity index (χ3n) is 5.49. The van der Waals surface area contributed by atoms with E-state index in [4.69, 9.17) is 9.47 Å². The van der Waals surface area contributed by atoms with E-state index in [0.29, 0.717) is 31.0 Å². The van der Waals surface area contributed by atoms with E-state index in [-0.39, 0.29) is 18.3 Å². The number of nitrogens with zero attached hydrogens (tertiary/aromatic N) is 1. The minimum atomic E-state index is 0. The van der Waals surface area contributed by atoms with Crippen LogP contribution < -0.4 is 14.8 Å². The summed E-state index contributed by atoms with van der Waals surface area (Å²) in [6, 6.07) is 7.30. The standard InChI is InChI=1S/C19H28N2O3.ClH/c1-21(16-11-14-5-6-15(12-16)20-14)19(22)9-4-13-10-17(23-2)7-8-18(13)24-3;/h7-8,10,14-16,20H,4-6,9,11-12H2,1-3H3;1H. The zero-order chi connectivity index (χ0) is 17.1. The number of aryl methyl sites for hydroxylation is 1. The summed E-state index contributed by atoms with van der Waals surface area (Å²) in [7, 11) is 5.26. The van der Waals surface area contributed by atoms with Crippen LogP contribution in [0, 0.1) is 0 Å². The molecule has 1 aromatic carbocycles. The maximum Gasteiger partial charge on any atom is 0.222 e. The molecule has 140 valence electrons. The number of hydrogen-bond donors (Lipinski definition) is 1. The summed E-state index contributed by atoms with van der Waals surface area (Å²) in [5, 5.41) is 3.63. The molecule has 0 saturated carbocycles. The van der Waals surface area contributed by atoms with Gasteiger partial charge in [0.25, 0.3) is 0 Å². The maximum absolute atomic E-state index is 12.6. The fourth-order valence-corrected chi connectivity index (χ4v) is 4.04. The van der Waals surface area contributed by atoms with Gasteiger partial charge in [0.15, 0.2) is 0 Å². The van der Waals surface area contributed by atoms with Gasteiger partial charge in [0.05, 0.1) is 14.2 Å². The fraction of sp³-hybridized carbons (Fsp3) is 0.632. The minimum absolute atomic E-state index is 0. The van der Waals surface area contributed by atoms with Gasteiger partial charge in [0.2, 0.25) is 5.91 Å². The number of rotatable bonds is 6. The molecule has 0 radical (unpaired) electrons. The second-order valence-electron chi connectivity index (χ2n) is 6.95. The van der Waals surface area contributed by atoms with E-state index in [1.165, 1.54) is 12.8 Å². The first-order chi connectivity index (χ1) is 11.6. The lowest BCUT2D eigenvalue weighted by atomic mass is 9.98. The molecule has 0 aliphatic carbocycles. The van der Waals surface area contributed by atoms with Gasteiger partial charge < -0.3 is 19.7 Å². The van der Waals surface area contributed by atoms with Crippen molar-refractivity contribution in [1.82, 2.24) is 10.2 Å². The Morgan fingerprint density at radius 2 is 1.88 bits per heavy atom. The van der Waals surface area contributed by atoms with Crippen molar-refractivity contribution in [2.45, 2.75) is 56.7 Å². The Bertz CT molecular complexity index is 584. The van der Waals surface area contributed by atoms with Crippen LogP contribution in [0.5, 0.6) is 11.5 Å². The molecule has 5 nitrogen and oxygen atoms in total. The van der Waals surface area contributed by atoms with Gasteiger partial charge in [-0.05, 0) is 55.9 Å². The van der Waals surface area contributed by atoms with Crippen molar-refractivity contribution < 1.29 is 14.3 Å². The van der Waals surface area contributed by atoms with Crippen molar-refractivity contribution in [2.75, 3.05) is 21.3 Å². The number of methoxy groups -OCH3 is 2. The van der Waals surface area contributed by atoms with Crippen LogP contribution in [0.1, 0.15) is 37.7 Å². The largest absolute Gasteiger partial charge is 0.497 e. The number of amides is 1. The van der Waals surface area contributed by atoms with Crippen LogP contribution in [0.15, 0.2) is 18.2 Å². The summed E-state index contributed by atoms with van der Waals surface area (Å²) < 4.78 is 10.7. The molecule has 1 aromatic rings. The molecule has 6 heteroatoms. The van der Waals surface area contributed by atoms with Crippen molar-refractivity contribution in [3.05, 3.63) is 23.8 Å². The van der Waals surface area contributed by atoms with E-state index in [9.17, 15) is 4.79 Å². The molecule has 2 heterocycles. The van der Waals surface area contributed by atoms with Crippen molar-refractivity contribution >= 4 is 18.3 Å². The first-order valence-corrected chi connectivity index (χ1v) is 8.83. The highest BCUT2D eigenvalue weighted by atomic mass is 35.5. The van der Waals surface area contributed by atoms with Crippen LogP contribution in [0.4, 0.5) is 0 Å². The summed E-state index contributed by atoms with van der Waals surface area (Å²) in [6.07, 6.45) is 5.84. The monoisotopic (exact) mass is 368 g/mol. The number of halogens is 1. The predicted octanol–water partition coefficient (Wildman–Crippen LogP) is 2.80. The van der Waals surface area contributed by atoms with Gasteiger partial charge in [-0.3, -0.25) is 4.79 Å². The lowest BCUT2D eigenvalue weighted by molar-refractivity contribution is -0.132. The highest BCUT2D eigenvalue weighted by Gasteiger charge is 2.36. The zero-order valence-corrected chi connectivity index (χ0v) is 16.1. The summed E-state index contributed by atoms with van der Waals surface area (Å²) in [6.45, 7) is 0. The number of carbonyl (C=O) groups excluding carboxylic acids is 1. The molecule has 1 amide bonds. The number of piperidine rings is 1. The molecular formula is C19H29ClN2O3. The molecular weight excluding hydrogens is 340 g/mol. The second-order valence-corrected chi connectivity index (χ2v) is 6.95. The topological polar surface area (TPSA) is 50.8 Å². The number of ether oxygens (including phenoxy) is 2. The summed E-state index contributed by atoms with van der Waals surface area (Å²) in [5.41, 5.74) is 1.02. The number of benzene rings is 1. The quantitative estimate of drug-likeness (QED) is 0.838. The lowest BCUT2D eigenvalue weighted by Gasteiger charge is -2.35. The smallest absolute Gasteiger partial charge is 0.222 e. The van der Waals surface area contributed by atoms with E-state index < -0.39 is 0 Å². The Labute approximate surface area is 156 Å². The molecule has 2 bridgehead atoms. The van der Waals surface area contributed by atoms with E-state index >= 15 is 0 Å². The van der Waals surface area contributed by atoms with Crippen molar-refractivity contribution in [1.29, 1.82) is 0 Å². The van der Waals surface area contributed by atoms with Gasteiger partial charge in [-0.1, -0.05) is 0 Å². The average Bonchev–Trinajstić information content (AvgIpc) is 2.96. The Balaban J connectivity index is 0.00000225. The Kier molecular flexibility index (Phi) is 6.96. The highest BCUT2D eigenvalue weighted by molar-refractivity contribution is 5.85. The van der Waals surface area contributed by atoms with Crippen molar-refractivity contribution in [3.8, 4) is 11.5 Å². The normalized spacial score (nSPS) is 24.4. The van der Waals surface area contributed by atoms with Gasteiger partial charge >= 0.3 is 0 Å². The van der Waals surface area contributed by atoms with Gasteiger partial charge in [0, 0.05) is 31.6 Å². The Morgan fingerprint density at radius 1 is 1.20 bits per heavy atom. The van der Waals surface area contributed by atoms with Gasteiger partial charge in [0.1, 0.15) is 11.5 Å². The maximum atomic E-state index is 12.6. The van der Waals surface area contributed by atoms with Gasteiger partial charge in [-0.25, -0.2) is 0 Å². The minimum Gasteiger partial charge on any atom is -0.497 e. The van der Waals surface area contributed by atoms with Crippen LogP contribution in [0.25, 0.3) is 0 Å². The van der Waals surface area contributed by atoms with E-state index in [2.05, 4.69) is 5.32 Å². The molecule has 0 aromatic heterocycles. The molecule has 2 unspecified atom stereocenters. The number of carbonyl (C=O) groups is 1. The first kappa shape index (κ1) is 19.9. The lowest BCUT2D eigenvalue weighted by Crippen LogP contribution is -2.48. The van der Waals surface area contributed by atoms with Crippen LogP contribution in [-0.4, -0.2) is 50.2 Å². The molecule has 2 fully saturated rings. The van der Waals surface area contributed by atoms with Crippen LogP contribution in [0.2, 0.25) is 0 Å². The van der Waals surface area contributed by atoms with E-state index in [1.807, 2.05) is 30.1 Å². The number of fused-ring (bicyclic) bond motifs is 2. The highest BCUT2D eigenvalue weighted by Crippen LogP contribution is 2.30. The molecule has 2 aliphatic rings. The molecule has 2 saturated heterocycles. The van der Waals surface area contributed by atoms with Crippen molar-refractivity contribution in [3.63, 3.8) is 0 Å². The zero-order valence-electron chi connectivity index (χ0n) is 15.3. The van der Waals surface area contributed by atoms with E-state index in [1.54, 1.807) is 14.2 Å². The SMILES string of the molecule is COc1ccc(OC)c(CCC(=O)N(C)C2CC3CCC(C2)N3)c1.Cl. The van der Waals surface area contributed by atoms with Crippen LogP contribution in [0.3, 0.4) is 0 Å². The van der Waals surface area contributed by atoms with Crippen molar-refractivity contribution in [2.24, 2.45) is 0 Å². The first-order valence-electron chi connectivity index (χ1n) is 8.83. The third-order valence-corrected chi connectivity index (χ3v) is 5.49. The molecule has 2 atom stereocenters. The molecule has 0 spiro atoms. The van der Waals surface area contributed by atoms with Crippen LogP contribution in [-0.2, 0) is 11.2 Å². The second kappa shape index (κ2) is 8.77. The molecule has 25 heavy (non-hydrogen) atoms. The Morgan fingerprint density at radius 3 is 2.48 bits per heavy atom. The molecule has 3 rings (SSSR count). The third kappa shape index (κ3) is 4.59. The summed E-state index contributed by atoms with van der Waals surface area (Å²) in [4.78, 5) is 14.6. The van der Waals surface area contributed by atoms with E-state index in [0.717, 1.165) is 29.9 Å². The Hall–Kier alpha value is -1.46. The fourth-order valence-electron chi connectivity index (χ4n) is 4.04. The van der Waals surface area contributed by atoms with Gasteiger partial charge in [-0.15, -0.1) is 12.4 Å². The predicted molar refractivity (Wildman–Crippen MR) is 101 cm³/mol. The number of hydrogen-bond acceptors (Lipinski definition) is 4. The number of nitrogens with one attached hydrogen (secondary N) is 1.